The standard InChI is InChI=1S/C24H28ClN9O3/c25-19-21(28)31-20(27)18(30-19)22(37)32-23-29-13-24(33-23)8-10-34(11-9-24)17(36)7-6-15(35)12-16(26)14-4-2-1-3-5-14/h1-5,12H,6-11,13,26H2,(H4,27,28,31)(H2,29,32,33,37). The highest BCUT2D eigenvalue weighted by molar-refractivity contribution is 6.31. The van der Waals surface area contributed by atoms with Crippen molar-refractivity contribution in [1.82, 2.24) is 25.5 Å². The number of nitrogens with one attached hydrogen (secondary N) is 2. The van der Waals surface area contributed by atoms with Crippen LogP contribution in [0, 0.1) is 0 Å². The molecular weight excluding hydrogens is 498 g/mol. The van der Waals surface area contributed by atoms with E-state index < -0.39 is 5.91 Å². The smallest absolute Gasteiger partial charge is 0.280 e. The molecule has 1 spiro atoms. The van der Waals surface area contributed by atoms with Gasteiger partial charge < -0.3 is 27.4 Å². The first-order chi connectivity index (χ1) is 17.7. The maximum atomic E-state index is 12.7. The second-order valence-corrected chi connectivity index (χ2v) is 9.33. The van der Waals surface area contributed by atoms with Gasteiger partial charge in [0.1, 0.15) is 0 Å². The number of likely N-dealkylation sites (tertiary alicyclic amines) is 1. The molecule has 37 heavy (non-hydrogen) atoms. The Bertz CT molecular complexity index is 1270. The lowest BCUT2D eigenvalue weighted by Crippen LogP contribution is -2.57. The molecule has 1 fully saturated rings. The first kappa shape index (κ1) is 25.9. The summed E-state index contributed by atoms with van der Waals surface area (Å²) >= 11 is 5.85. The molecule has 1 aromatic heterocycles. The van der Waals surface area contributed by atoms with Gasteiger partial charge >= 0.3 is 0 Å². The van der Waals surface area contributed by atoms with Gasteiger partial charge in [0.25, 0.3) is 5.91 Å². The van der Waals surface area contributed by atoms with Gasteiger partial charge in [-0.3, -0.25) is 24.7 Å². The summed E-state index contributed by atoms with van der Waals surface area (Å²) < 4.78 is 0. The fourth-order valence-electron chi connectivity index (χ4n) is 4.22. The van der Waals surface area contributed by atoms with Crippen LogP contribution in [0.25, 0.3) is 5.70 Å². The van der Waals surface area contributed by atoms with Crippen LogP contribution in [0.15, 0.2) is 41.4 Å². The highest BCUT2D eigenvalue weighted by atomic mass is 35.5. The van der Waals surface area contributed by atoms with Crippen molar-refractivity contribution >= 4 is 52.5 Å². The molecule has 13 heteroatoms. The van der Waals surface area contributed by atoms with E-state index in [-0.39, 0.29) is 58.5 Å². The van der Waals surface area contributed by atoms with Crippen LogP contribution in [0.4, 0.5) is 11.6 Å². The molecule has 0 unspecified atom stereocenters. The third-order valence-electron chi connectivity index (χ3n) is 6.36. The molecule has 0 saturated carbocycles. The van der Waals surface area contributed by atoms with E-state index in [0.717, 1.165) is 5.56 Å². The second-order valence-electron chi connectivity index (χ2n) is 8.97. The van der Waals surface area contributed by atoms with E-state index in [1.165, 1.54) is 6.08 Å². The van der Waals surface area contributed by atoms with E-state index in [9.17, 15) is 14.4 Å². The van der Waals surface area contributed by atoms with E-state index in [2.05, 4.69) is 25.6 Å². The van der Waals surface area contributed by atoms with Crippen LogP contribution in [-0.2, 0) is 9.59 Å². The number of carbonyl (C=O) groups excluding carboxylic acids is 3. The molecule has 0 bridgehead atoms. The summed E-state index contributed by atoms with van der Waals surface area (Å²) in [6.45, 7) is 1.45. The van der Waals surface area contributed by atoms with E-state index in [0.29, 0.717) is 38.2 Å². The van der Waals surface area contributed by atoms with E-state index in [1.807, 2.05) is 30.3 Å². The minimum absolute atomic E-state index is 0.0653. The lowest BCUT2D eigenvalue weighted by atomic mass is 9.88. The Morgan fingerprint density at radius 1 is 1.08 bits per heavy atom. The zero-order valence-electron chi connectivity index (χ0n) is 20.0. The first-order valence-corrected chi connectivity index (χ1v) is 12.1. The number of ketones is 1. The number of halogens is 1. The predicted octanol–water partition coefficient (Wildman–Crippen LogP) is 0.694. The number of hydrogen-bond donors (Lipinski definition) is 5. The molecule has 2 aliphatic rings. The number of aromatic nitrogens is 2. The van der Waals surface area contributed by atoms with Crippen molar-refractivity contribution in [3.63, 3.8) is 0 Å². The average Bonchev–Trinajstić information content (AvgIpc) is 3.27. The summed E-state index contributed by atoms with van der Waals surface area (Å²) in [6.07, 6.45) is 2.84. The third-order valence-corrected chi connectivity index (χ3v) is 6.64. The van der Waals surface area contributed by atoms with Gasteiger partial charge in [-0.15, -0.1) is 0 Å². The van der Waals surface area contributed by atoms with Crippen LogP contribution in [0.3, 0.4) is 0 Å². The molecule has 0 atom stereocenters. The van der Waals surface area contributed by atoms with E-state index in [4.69, 9.17) is 28.8 Å². The summed E-state index contributed by atoms with van der Waals surface area (Å²) in [5.41, 5.74) is 17.9. The van der Waals surface area contributed by atoms with Gasteiger partial charge in [-0.2, -0.15) is 0 Å². The lowest BCUT2D eigenvalue weighted by molar-refractivity contribution is -0.134. The Morgan fingerprint density at radius 3 is 2.49 bits per heavy atom. The van der Waals surface area contributed by atoms with Crippen molar-refractivity contribution in [1.29, 1.82) is 0 Å². The summed E-state index contributed by atoms with van der Waals surface area (Å²) in [6, 6.07) is 9.20. The molecule has 2 amide bonds. The highest BCUT2D eigenvalue weighted by Gasteiger charge is 2.40. The Hall–Kier alpha value is -4.19. The van der Waals surface area contributed by atoms with Crippen molar-refractivity contribution in [2.45, 2.75) is 31.2 Å². The van der Waals surface area contributed by atoms with Gasteiger partial charge in [0.15, 0.2) is 34.2 Å². The van der Waals surface area contributed by atoms with Crippen LogP contribution in [-0.4, -0.2) is 63.6 Å². The van der Waals surface area contributed by atoms with Gasteiger partial charge in [-0.25, -0.2) is 9.97 Å². The normalized spacial score (nSPS) is 16.7. The Labute approximate surface area is 218 Å². The molecule has 8 N–H and O–H groups in total. The number of guanidine groups is 1. The quantitative estimate of drug-likeness (QED) is 0.337. The second kappa shape index (κ2) is 10.8. The first-order valence-electron chi connectivity index (χ1n) is 11.7. The number of hydrogen-bond acceptors (Lipinski definition) is 10. The van der Waals surface area contributed by atoms with Gasteiger partial charge in [-0.1, -0.05) is 41.9 Å². The van der Waals surface area contributed by atoms with E-state index in [1.54, 1.807) is 4.90 Å². The van der Waals surface area contributed by atoms with Crippen molar-refractivity contribution in [3.05, 3.63) is 52.8 Å². The minimum atomic E-state index is -0.616. The summed E-state index contributed by atoms with van der Waals surface area (Å²) in [5.74, 6) is -0.818. The Morgan fingerprint density at radius 2 is 1.78 bits per heavy atom. The van der Waals surface area contributed by atoms with Gasteiger partial charge in [0.2, 0.25) is 5.91 Å². The average molecular weight is 526 g/mol. The monoisotopic (exact) mass is 525 g/mol. The number of nitrogen functional groups attached to an aromatic ring is 2. The van der Waals surface area contributed by atoms with Crippen molar-refractivity contribution in [2.24, 2.45) is 10.7 Å². The Balaban J connectivity index is 1.24. The number of rotatable bonds is 6. The lowest BCUT2D eigenvalue weighted by Gasteiger charge is -2.39. The molecule has 12 nitrogen and oxygen atoms in total. The molecule has 1 aromatic carbocycles. The van der Waals surface area contributed by atoms with Crippen LogP contribution in [0.2, 0.25) is 5.15 Å². The highest BCUT2D eigenvalue weighted by Crippen LogP contribution is 2.26. The maximum absolute atomic E-state index is 12.7. The number of piperidine rings is 1. The molecule has 2 aromatic rings. The maximum Gasteiger partial charge on any atom is 0.280 e. The number of benzene rings is 1. The Kier molecular flexibility index (Phi) is 7.58. The third kappa shape index (κ3) is 6.15. The number of nitrogens with two attached hydrogens (primary N) is 3. The van der Waals surface area contributed by atoms with Crippen molar-refractivity contribution in [3.8, 4) is 0 Å². The molecule has 4 rings (SSSR count). The van der Waals surface area contributed by atoms with Crippen LogP contribution in [0.5, 0.6) is 0 Å². The number of aliphatic imine (C=N–C) groups is 1. The molecule has 2 aliphatic heterocycles. The van der Waals surface area contributed by atoms with Crippen molar-refractivity contribution < 1.29 is 14.4 Å². The molecule has 1 saturated heterocycles. The summed E-state index contributed by atoms with van der Waals surface area (Å²) in [7, 11) is 0. The van der Waals surface area contributed by atoms with Gasteiger partial charge in [0, 0.05) is 37.7 Å². The SMILES string of the molecule is NC(=CC(=O)CCC(=O)N1CCC2(CC1)CN=C(NC(=O)c1nc(Cl)c(N)nc1N)N2)c1ccccc1. The van der Waals surface area contributed by atoms with Crippen LogP contribution in [0.1, 0.15) is 41.7 Å². The molecular formula is C24H28ClN9O3. The van der Waals surface area contributed by atoms with Crippen molar-refractivity contribution in [2.75, 3.05) is 31.1 Å². The molecule has 3 heterocycles. The number of anilines is 2. The zero-order valence-corrected chi connectivity index (χ0v) is 20.8. The number of nitrogens with zero attached hydrogens (tertiary/aromatic N) is 4. The topological polar surface area (TPSA) is 195 Å². The van der Waals surface area contributed by atoms with Gasteiger partial charge in [0.05, 0.1) is 12.1 Å². The number of allylic oxidation sites excluding steroid dienone is 1. The fourth-order valence-corrected chi connectivity index (χ4v) is 4.35. The fraction of sp³-hybridized carbons (Fsp3) is 0.333. The largest absolute Gasteiger partial charge is 0.398 e. The molecule has 0 aliphatic carbocycles. The number of carbonyl (C=O) groups is 3. The predicted molar refractivity (Wildman–Crippen MR) is 140 cm³/mol. The zero-order chi connectivity index (χ0) is 26.6. The number of amides is 2. The summed E-state index contributed by atoms with van der Waals surface area (Å²) in [5, 5.41) is 5.77. The van der Waals surface area contributed by atoms with Gasteiger partial charge in [-0.05, 0) is 18.4 Å². The van der Waals surface area contributed by atoms with Crippen LogP contribution < -0.4 is 27.8 Å². The van der Waals surface area contributed by atoms with Crippen LogP contribution >= 0.6 is 11.6 Å². The molecule has 194 valence electrons. The minimum Gasteiger partial charge on any atom is -0.398 e. The summed E-state index contributed by atoms with van der Waals surface area (Å²) in [4.78, 5) is 51.4. The van der Waals surface area contributed by atoms with E-state index >= 15 is 0 Å². The molecule has 0 radical (unpaired) electrons.